The molecule has 0 spiro atoms. The van der Waals surface area contributed by atoms with E-state index in [2.05, 4.69) is 0 Å². The van der Waals surface area contributed by atoms with E-state index in [4.69, 9.17) is 15.5 Å². The fourth-order valence-corrected chi connectivity index (χ4v) is 4.86. The van der Waals surface area contributed by atoms with Gasteiger partial charge in [0.15, 0.2) is 5.82 Å². The van der Waals surface area contributed by atoms with Gasteiger partial charge in [-0.05, 0) is 37.1 Å². The molecule has 2 N–H and O–H groups in total. The molecule has 3 aromatic heterocycles. The van der Waals surface area contributed by atoms with Gasteiger partial charge < -0.3 is 29.1 Å². The first-order valence-corrected chi connectivity index (χ1v) is 11.0. The molecule has 4 heterocycles. The van der Waals surface area contributed by atoms with Gasteiger partial charge in [-0.25, -0.2) is 4.98 Å². The maximum absolute atomic E-state index is 13.2. The summed E-state index contributed by atoms with van der Waals surface area (Å²) in [5, 5.41) is 0.854. The zero-order chi connectivity index (χ0) is 23.4. The number of pyridine rings is 1. The normalized spacial score (nSPS) is 16.1. The Labute approximate surface area is 203 Å². The molecule has 1 atom stereocenters. The minimum absolute atomic E-state index is 0. The SMILES string of the molecule is COc1cc(C(=O)N2CCCC(N)C2)cc2nc(-c3cc4ccn(C)c(=O)c4n3C)n(C)c12.Cl. The Morgan fingerprint density at radius 3 is 2.62 bits per heavy atom. The number of piperidine rings is 1. The number of hydrogen-bond donors (Lipinski definition) is 1. The van der Waals surface area contributed by atoms with E-state index >= 15 is 0 Å². The van der Waals surface area contributed by atoms with Crippen LogP contribution in [0.5, 0.6) is 5.75 Å². The van der Waals surface area contributed by atoms with Gasteiger partial charge in [-0.2, -0.15) is 0 Å². The zero-order valence-corrected chi connectivity index (χ0v) is 20.6. The summed E-state index contributed by atoms with van der Waals surface area (Å²) in [5.41, 5.74) is 9.43. The molecule has 9 nitrogen and oxygen atoms in total. The number of ether oxygens (including phenoxy) is 1. The van der Waals surface area contributed by atoms with Crippen LogP contribution in [0.15, 0.2) is 35.3 Å². The molecule has 0 aliphatic carbocycles. The molecule has 1 fully saturated rings. The van der Waals surface area contributed by atoms with E-state index in [1.807, 2.05) is 41.4 Å². The number of aryl methyl sites for hydroxylation is 3. The lowest BCUT2D eigenvalue weighted by Crippen LogP contribution is -2.45. The molecule has 1 saturated heterocycles. The Hall–Kier alpha value is -3.30. The number of amides is 1. The molecule has 5 rings (SSSR count). The van der Waals surface area contributed by atoms with E-state index in [1.54, 1.807) is 35.9 Å². The van der Waals surface area contributed by atoms with E-state index in [-0.39, 0.29) is 29.9 Å². The van der Waals surface area contributed by atoms with Crippen molar-refractivity contribution < 1.29 is 9.53 Å². The highest BCUT2D eigenvalue weighted by molar-refractivity contribution is 6.00. The van der Waals surface area contributed by atoms with Gasteiger partial charge in [-0.15, -0.1) is 12.4 Å². The Balaban J connectivity index is 0.00000274. The van der Waals surface area contributed by atoms with Crippen LogP contribution in [-0.2, 0) is 21.1 Å². The smallest absolute Gasteiger partial charge is 0.274 e. The Morgan fingerprint density at radius 1 is 1.15 bits per heavy atom. The van der Waals surface area contributed by atoms with Crippen LogP contribution in [0.25, 0.3) is 33.5 Å². The maximum Gasteiger partial charge on any atom is 0.274 e. The molecule has 0 radical (unpaired) electrons. The van der Waals surface area contributed by atoms with Gasteiger partial charge in [-0.1, -0.05) is 0 Å². The summed E-state index contributed by atoms with van der Waals surface area (Å²) < 4.78 is 11.0. The average Bonchev–Trinajstić information content (AvgIpc) is 3.32. The number of hydrogen-bond acceptors (Lipinski definition) is 5. The van der Waals surface area contributed by atoms with Crippen LogP contribution in [-0.4, -0.2) is 55.7 Å². The third-order valence-corrected chi connectivity index (χ3v) is 6.64. The molecule has 1 aromatic carbocycles. The highest BCUT2D eigenvalue weighted by atomic mass is 35.5. The molecule has 1 aliphatic heterocycles. The van der Waals surface area contributed by atoms with Gasteiger partial charge >= 0.3 is 0 Å². The third kappa shape index (κ3) is 3.65. The van der Waals surface area contributed by atoms with Crippen LogP contribution in [0.3, 0.4) is 0 Å². The number of carbonyl (C=O) groups excluding carboxylic acids is 1. The van der Waals surface area contributed by atoms with Gasteiger partial charge in [0.25, 0.3) is 11.5 Å². The molecule has 34 heavy (non-hydrogen) atoms. The molecular formula is C24H29ClN6O3. The number of aromatic nitrogens is 4. The lowest BCUT2D eigenvalue weighted by Gasteiger charge is -2.30. The van der Waals surface area contributed by atoms with E-state index in [0.717, 1.165) is 29.4 Å². The number of benzene rings is 1. The predicted molar refractivity (Wildman–Crippen MR) is 135 cm³/mol. The Kier molecular flexibility index (Phi) is 6.18. The number of nitrogens with zero attached hydrogens (tertiary/aromatic N) is 5. The number of rotatable bonds is 3. The lowest BCUT2D eigenvalue weighted by molar-refractivity contribution is 0.0708. The fourth-order valence-electron chi connectivity index (χ4n) is 4.86. The standard InChI is InChI=1S/C24H28N6O3.ClH/c1-27-9-7-14-11-18(28(2)20(14)24(27)32)22-26-17-10-15(12-19(33-4)21(17)29(22)3)23(31)30-8-5-6-16(25)13-30;/h7,9-12,16H,5-6,8,13,25H2,1-4H3;1H. The molecule has 0 saturated carbocycles. The zero-order valence-electron chi connectivity index (χ0n) is 19.7. The second-order valence-corrected chi connectivity index (χ2v) is 8.82. The Bertz CT molecular complexity index is 1470. The highest BCUT2D eigenvalue weighted by Gasteiger charge is 2.25. The van der Waals surface area contributed by atoms with Gasteiger partial charge in [-0.3, -0.25) is 9.59 Å². The number of halogens is 1. The van der Waals surface area contributed by atoms with E-state index in [1.165, 1.54) is 0 Å². The van der Waals surface area contributed by atoms with Crippen LogP contribution in [0, 0.1) is 0 Å². The Morgan fingerprint density at radius 2 is 1.91 bits per heavy atom. The molecule has 4 aromatic rings. The summed E-state index contributed by atoms with van der Waals surface area (Å²) >= 11 is 0. The van der Waals surface area contributed by atoms with Gasteiger partial charge in [0, 0.05) is 57.4 Å². The van der Waals surface area contributed by atoms with Crippen molar-refractivity contribution in [2.24, 2.45) is 26.9 Å². The van der Waals surface area contributed by atoms with Crippen LogP contribution in [0.1, 0.15) is 23.2 Å². The van der Waals surface area contributed by atoms with Crippen molar-refractivity contribution in [2.45, 2.75) is 18.9 Å². The first kappa shape index (κ1) is 23.8. The van der Waals surface area contributed by atoms with Gasteiger partial charge in [0.05, 0.1) is 18.3 Å². The minimum atomic E-state index is -0.0646. The monoisotopic (exact) mass is 484 g/mol. The summed E-state index contributed by atoms with van der Waals surface area (Å²) in [6.45, 7) is 1.25. The van der Waals surface area contributed by atoms with E-state index < -0.39 is 0 Å². The number of likely N-dealkylation sites (tertiary alicyclic amines) is 1. The summed E-state index contributed by atoms with van der Waals surface area (Å²) in [4.78, 5) is 32.6. The van der Waals surface area contributed by atoms with Crippen LogP contribution >= 0.6 is 12.4 Å². The lowest BCUT2D eigenvalue weighted by atomic mass is 10.0. The maximum atomic E-state index is 13.2. The summed E-state index contributed by atoms with van der Waals surface area (Å²) in [6.07, 6.45) is 3.60. The highest BCUT2D eigenvalue weighted by Crippen LogP contribution is 2.33. The average molecular weight is 485 g/mol. The second-order valence-electron chi connectivity index (χ2n) is 8.82. The van der Waals surface area contributed by atoms with Crippen LogP contribution < -0.4 is 16.0 Å². The van der Waals surface area contributed by atoms with Crippen LogP contribution in [0.2, 0.25) is 0 Å². The first-order chi connectivity index (χ1) is 15.8. The summed E-state index contributed by atoms with van der Waals surface area (Å²) in [7, 11) is 7.10. The largest absolute Gasteiger partial charge is 0.494 e. The number of nitrogens with two attached hydrogens (primary N) is 1. The van der Waals surface area contributed by atoms with Crippen molar-refractivity contribution >= 4 is 40.3 Å². The van der Waals surface area contributed by atoms with Crippen molar-refractivity contribution in [1.82, 2.24) is 23.6 Å². The molecule has 1 amide bonds. The topological polar surface area (TPSA) is 100 Å². The molecule has 1 aliphatic rings. The third-order valence-electron chi connectivity index (χ3n) is 6.64. The molecule has 180 valence electrons. The van der Waals surface area contributed by atoms with Crippen molar-refractivity contribution in [2.75, 3.05) is 20.2 Å². The molecule has 0 bridgehead atoms. The first-order valence-electron chi connectivity index (χ1n) is 11.0. The van der Waals surface area contributed by atoms with E-state index in [9.17, 15) is 9.59 Å². The molecular weight excluding hydrogens is 456 g/mol. The summed E-state index contributed by atoms with van der Waals surface area (Å²) in [6, 6.07) is 7.47. The van der Waals surface area contributed by atoms with Crippen molar-refractivity contribution in [3.05, 3.63) is 46.4 Å². The fraction of sp³-hybridized carbons (Fsp3) is 0.375. The van der Waals surface area contributed by atoms with Crippen LogP contribution in [0.4, 0.5) is 0 Å². The van der Waals surface area contributed by atoms with E-state index in [0.29, 0.717) is 41.3 Å². The number of carbonyl (C=O) groups is 1. The van der Waals surface area contributed by atoms with Crippen molar-refractivity contribution in [1.29, 1.82) is 0 Å². The van der Waals surface area contributed by atoms with Crippen molar-refractivity contribution in [3.63, 3.8) is 0 Å². The predicted octanol–water partition coefficient (Wildman–Crippen LogP) is 2.42. The molecule has 1 unspecified atom stereocenters. The second kappa shape index (κ2) is 8.81. The number of imidazole rings is 1. The number of fused-ring (bicyclic) bond motifs is 2. The quantitative estimate of drug-likeness (QED) is 0.481. The number of methoxy groups -OCH3 is 1. The van der Waals surface area contributed by atoms with Gasteiger partial charge in [0.2, 0.25) is 0 Å². The van der Waals surface area contributed by atoms with Crippen molar-refractivity contribution in [3.8, 4) is 17.3 Å². The van der Waals surface area contributed by atoms with Gasteiger partial charge in [0.1, 0.15) is 16.8 Å². The minimum Gasteiger partial charge on any atom is -0.494 e. The summed E-state index contributed by atoms with van der Waals surface area (Å²) in [5.74, 6) is 1.20. The molecule has 10 heteroatoms.